The van der Waals surface area contributed by atoms with E-state index in [2.05, 4.69) is 20.6 Å². The SMILES string of the molecule is O=C(NC1CCCCC1)c1cnc(Nc2cccc(Cl)c2Cl)nc1. The second kappa shape index (κ2) is 7.81. The largest absolute Gasteiger partial charge is 0.349 e. The second-order valence-corrected chi connectivity index (χ2v) is 6.62. The Balaban J connectivity index is 1.64. The van der Waals surface area contributed by atoms with E-state index >= 15 is 0 Å². The van der Waals surface area contributed by atoms with Crippen molar-refractivity contribution in [2.45, 2.75) is 38.1 Å². The molecule has 1 amide bonds. The van der Waals surface area contributed by atoms with Crippen LogP contribution in [0.3, 0.4) is 0 Å². The van der Waals surface area contributed by atoms with Gasteiger partial charge in [-0.15, -0.1) is 0 Å². The van der Waals surface area contributed by atoms with Crippen LogP contribution in [0.15, 0.2) is 30.6 Å². The Kier molecular flexibility index (Phi) is 5.53. The number of aromatic nitrogens is 2. The summed E-state index contributed by atoms with van der Waals surface area (Å²) in [7, 11) is 0. The van der Waals surface area contributed by atoms with Crippen LogP contribution >= 0.6 is 23.2 Å². The third-order valence-electron chi connectivity index (χ3n) is 4.05. The molecule has 1 heterocycles. The maximum Gasteiger partial charge on any atom is 0.254 e. The van der Waals surface area contributed by atoms with Gasteiger partial charge in [-0.25, -0.2) is 9.97 Å². The molecule has 2 N–H and O–H groups in total. The minimum Gasteiger partial charge on any atom is -0.349 e. The van der Waals surface area contributed by atoms with Crippen LogP contribution in [0.1, 0.15) is 42.5 Å². The predicted molar refractivity (Wildman–Crippen MR) is 96.1 cm³/mol. The Bertz CT molecular complexity index is 715. The van der Waals surface area contributed by atoms with E-state index in [0.29, 0.717) is 27.2 Å². The molecule has 0 saturated heterocycles. The normalized spacial score (nSPS) is 15.1. The minimum absolute atomic E-state index is 0.130. The van der Waals surface area contributed by atoms with Crippen LogP contribution in [0.4, 0.5) is 11.6 Å². The number of carbonyl (C=O) groups excluding carboxylic acids is 1. The standard InChI is InChI=1S/C17H18Cl2N4O/c18-13-7-4-8-14(15(13)19)23-17-20-9-11(10-21-17)16(24)22-12-5-2-1-3-6-12/h4,7-10,12H,1-3,5-6H2,(H,22,24)(H,20,21,23). The van der Waals surface area contributed by atoms with Crippen LogP contribution in [0.2, 0.25) is 10.0 Å². The van der Waals surface area contributed by atoms with Crippen molar-refractivity contribution < 1.29 is 4.79 Å². The van der Waals surface area contributed by atoms with Gasteiger partial charge in [0.25, 0.3) is 5.91 Å². The van der Waals surface area contributed by atoms with Gasteiger partial charge in [-0.2, -0.15) is 0 Å². The first kappa shape index (κ1) is 17.0. The zero-order valence-corrected chi connectivity index (χ0v) is 14.6. The first-order valence-electron chi connectivity index (χ1n) is 7.97. The lowest BCUT2D eigenvalue weighted by Gasteiger charge is -2.22. The van der Waals surface area contributed by atoms with Gasteiger partial charge >= 0.3 is 0 Å². The fraction of sp³-hybridized carbons (Fsp3) is 0.353. The maximum atomic E-state index is 12.2. The third kappa shape index (κ3) is 4.16. The van der Waals surface area contributed by atoms with Crippen LogP contribution in [-0.2, 0) is 0 Å². The molecular formula is C17H18Cl2N4O. The molecule has 0 spiro atoms. The van der Waals surface area contributed by atoms with Crippen LogP contribution < -0.4 is 10.6 Å². The van der Waals surface area contributed by atoms with Crippen LogP contribution in [0.5, 0.6) is 0 Å². The average molecular weight is 365 g/mol. The number of benzene rings is 1. The molecule has 0 radical (unpaired) electrons. The van der Waals surface area contributed by atoms with E-state index in [9.17, 15) is 4.79 Å². The molecule has 0 unspecified atom stereocenters. The lowest BCUT2D eigenvalue weighted by atomic mass is 9.95. The van der Waals surface area contributed by atoms with Crippen molar-refractivity contribution in [1.82, 2.24) is 15.3 Å². The van der Waals surface area contributed by atoms with E-state index < -0.39 is 0 Å². The van der Waals surface area contributed by atoms with Crippen molar-refractivity contribution in [3.63, 3.8) is 0 Å². The highest BCUT2D eigenvalue weighted by Gasteiger charge is 2.17. The van der Waals surface area contributed by atoms with E-state index in [0.717, 1.165) is 12.8 Å². The summed E-state index contributed by atoms with van der Waals surface area (Å²) in [6, 6.07) is 5.52. The van der Waals surface area contributed by atoms with E-state index in [1.807, 2.05) is 0 Å². The number of carbonyl (C=O) groups is 1. The number of halogens is 2. The van der Waals surface area contributed by atoms with E-state index in [1.165, 1.54) is 31.7 Å². The molecule has 0 aliphatic heterocycles. The zero-order valence-electron chi connectivity index (χ0n) is 13.1. The van der Waals surface area contributed by atoms with E-state index in [4.69, 9.17) is 23.2 Å². The van der Waals surface area contributed by atoms with Crippen molar-refractivity contribution in [2.24, 2.45) is 0 Å². The van der Waals surface area contributed by atoms with Crippen LogP contribution in [0.25, 0.3) is 0 Å². The molecule has 0 atom stereocenters. The molecule has 126 valence electrons. The predicted octanol–water partition coefficient (Wildman–Crippen LogP) is 4.59. The number of nitrogens with one attached hydrogen (secondary N) is 2. The molecule has 7 heteroatoms. The Hall–Kier alpha value is -1.85. The summed E-state index contributed by atoms with van der Waals surface area (Å²) in [5.41, 5.74) is 1.06. The lowest BCUT2D eigenvalue weighted by molar-refractivity contribution is 0.0927. The summed E-state index contributed by atoms with van der Waals surface area (Å²) < 4.78 is 0. The Morgan fingerprint density at radius 1 is 1.08 bits per heavy atom. The summed E-state index contributed by atoms with van der Waals surface area (Å²) in [5, 5.41) is 6.89. The third-order valence-corrected chi connectivity index (χ3v) is 4.87. The van der Waals surface area contributed by atoms with Crippen molar-refractivity contribution in [2.75, 3.05) is 5.32 Å². The Morgan fingerprint density at radius 2 is 1.79 bits per heavy atom. The van der Waals surface area contributed by atoms with Gasteiger partial charge < -0.3 is 10.6 Å². The molecule has 2 aromatic rings. The summed E-state index contributed by atoms with van der Waals surface area (Å²) >= 11 is 12.1. The maximum absolute atomic E-state index is 12.2. The molecule has 1 saturated carbocycles. The highest BCUT2D eigenvalue weighted by molar-refractivity contribution is 6.43. The molecule has 1 aromatic carbocycles. The van der Waals surface area contributed by atoms with Crippen molar-refractivity contribution in [3.8, 4) is 0 Å². The first-order valence-corrected chi connectivity index (χ1v) is 8.73. The van der Waals surface area contributed by atoms with Gasteiger partial charge in [-0.05, 0) is 25.0 Å². The fourth-order valence-electron chi connectivity index (χ4n) is 2.75. The van der Waals surface area contributed by atoms with Gasteiger partial charge in [0.15, 0.2) is 0 Å². The average Bonchev–Trinajstić information content (AvgIpc) is 2.60. The number of rotatable bonds is 4. The zero-order chi connectivity index (χ0) is 16.9. The van der Waals surface area contributed by atoms with Gasteiger partial charge in [0.1, 0.15) is 0 Å². The topological polar surface area (TPSA) is 66.9 Å². The second-order valence-electron chi connectivity index (χ2n) is 5.83. The number of anilines is 2. The monoisotopic (exact) mass is 364 g/mol. The fourth-order valence-corrected chi connectivity index (χ4v) is 3.09. The number of amides is 1. The van der Waals surface area contributed by atoms with Gasteiger partial charge in [0, 0.05) is 18.4 Å². The highest BCUT2D eigenvalue weighted by Crippen LogP contribution is 2.30. The number of hydrogen-bond acceptors (Lipinski definition) is 4. The smallest absolute Gasteiger partial charge is 0.254 e. The molecule has 24 heavy (non-hydrogen) atoms. The molecule has 1 fully saturated rings. The molecular weight excluding hydrogens is 347 g/mol. The van der Waals surface area contributed by atoms with Gasteiger partial charge in [0.05, 0.1) is 21.3 Å². The summed E-state index contributed by atoms with van der Waals surface area (Å²) in [4.78, 5) is 20.6. The van der Waals surface area contributed by atoms with Gasteiger partial charge in [0.2, 0.25) is 5.95 Å². The molecule has 0 bridgehead atoms. The molecule has 5 nitrogen and oxygen atoms in total. The highest BCUT2D eigenvalue weighted by atomic mass is 35.5. The number of nitrogens with zero attached hydrogens (tertiary/aromatic N) is 2. The summed E-state index contributed by atoms with van der Waals surface area (Å²) in [6.07, 6.45) is 8.69. The molecule has 3 rings (SSSR count). The Labute approximate surface area is 150 Å². The number of hydrogen-bond donors (Lipinski definition) is 2. The van der Waals surface area contributed by atoms with Crippen molar-refractivity contribution in [3.05, 3.63) is 46.2 Å². The van der Waals surface area contributed by atoms with Gasteiger partial charge in [-0.1, -0.05) is 48.5 Å². The Morgan fingerprint density at radius 3 is 2.50 bits per heavy atom. The summed E-state index contributed by atoms with van der Waals surface area (Å²) in [5.74, 6) is 0.225. The van der Waals surface area contributed by atoms with Crippen LogP contribution in [-0.4, -0.2) is 21.9 Å². The summed E-state index contributed by atoms with van der Waals surface area (Å²) in [6.45, 7) is 0. The van der Waals surface area contributed by atoms with Crippen molar-refractivity contribution in [1.29, 1.82) is 0 Å². The molecule has 1 aromatic heterocycles. The van der Waals surface area contributed by atoms with Gasteiger partial charge in [-0.3, -0.25) is 4.79 Å². The quantitative estimate of drug-likeness (QED) is 0.832. The lowest BCUT2D eigenvalue weighted by Crippen LogP contribution is -2.36. The van der Waals surface area contributed by atoms with Crippen LogP contribution in [0, 0.1) is 0 Å². The van der Waals surface area contributed by atoms with E-state index in [-0.39, 0.29) is 11.9 Å². The minimum atomic E-state index is -0.130. The van der Waals surface area contributed by atoms with E-state index in [1.54, 1.807) is 18.2 Å². The molecule has 1 aliphatic rings. The molecule has 1 aliphatic carbocycles. The first-order chi connectivity index (χ1) is 11.6. The van der Waals surface area contributed by atoms with Crippen molar-refractivity contribution >= 4 is 40.7 Å².